The van der Waals surface area contributed by atoms with Crippen molar-refractivity contribution < 1.29 is 4.79 Å². The number of rotatable bonds is 3. The van der Waals surface area contributed by atoms with Gasteiger partial charge in [-0.25, -0.2) is 10.8 Å². The highest BCUT2D eigenvalue weighted by molar-refractivity contribution is 5.95. The van der Waals surface area contributed by atoms with Crippen LogP contribution in [0.4, 0.5) is 5.82 Å². The van der Waals surface area contributed by atoms with Gasteiger partial charge in [0.05, 0.1) is 0 Å². The molecule has 1 heterocycles. The third-order valence-electron chi connectivity index (χ3n) is 3.05. The van der Waals surface area contributed by atoms with Crippen LogP contribution in [0.25, 0.3) is 0 Å². The highest BCUT2D eigenvalue weighted by Crippen LogP contribution is 2.18. The second-order valence-corrected chi connectivity index (χ2v) is 4.48. The van der Waals surface area contributed by atoms with Crippen LogP contribution in [0.3, 0.4) is 0 Å². The maximum atomic E-state index is 12.0. The summed E-state index contributed by atoms with van der Waals surface area (Å²) in [7, 11) is 0. The van der Waals surface area contributed by atoms with Crippen molar-refractivity contribution in [3.63, 3.8) is 0 Å². The van der Waals surface area contributed by atoms with E-state index in [0.29, 0.717) is 17.4 Å². The number of carbonyl (C=O) groups excluding carboxylic acids is 1. The molecule has 92 valence electrons. The summed E-state index contributed by atoms with van der Waals surface area (Å²) >= 11 is 0. The van der Waals surface area contributed by atoms with Crippen LogP contribution >= 0.6 is 0 Å². The summed E-state index contributed by atoms with van der Waals surface area (Å²) in [5, 5.41) is 3.04. The highest BCUT2D eigenvalue weighted by Gasteiger charge is 2.18. The minimum absolute atomic E-state index is 0.0427. The van der Waals surface area contributed by atoms with Gasteiger partial charge in [-0.15, -0.1) is 0 Å². The van der Waals surface area contributed by atoms with Crippen LogP contribution in [-0.2, 0) is 0 Å². The summed E-state index contributed by atoms with van der Waals surface area (Å²) in [5.41, 5.74) is 3.85. The molecule has 5 nitrogen and oxygen atoms in total. The van der Waals surface area contributed by atoms with Crippen LogP contribution in [0.15, 0.2) is 12.1 Å². The molecule has 0 spiro atoms. The lowest BCUT2D eigenvalue weighted by atomic mass is 10.2. The Labute approximate surface area is 101 Å². The van der Waals surface area contributed by atoms with E-state index < -0.39 is 0 Å². The van der Waals surface area contributed by atoms with Gasteiger partial charge in [0.1, 0.15) is 5.82 Å². The van der Waals surface area contributed by atoms with Gasteiger partial charge in [0, 0.05) is 17.3 Å². The molecule has 0 radical (unpaired) electrons. The number of nitrogen functional groups attached to an aromatic ring is 1. The lowest BCUT2D eigenvalue weighted by Crippen LogP contribution is -2.32. The van der Waals surface area contributed by atoms with E-state index in [9.17, 15) is 4.79 Å². The van der Waals surface area contributed by atoms with Crippen molar-refractivity contribution in [2.75, 3.05) is 5.43 Å². The van der Waals surface area contributed by atoms with Gasteiger partial charge < -0.3 is 10.7 Å². The second-order valence-electron chi connectivity index (χ2n) is 4.48. The van der Waals surface area contributed by atoms with Crippen LogP contribution < -0.4 is 16.6 Å². The number of anilines is 1. The number of hydrogen-bond donors (Lipinski definition) is 3. The number of aromatic nitrogens is 1. The largest absolute Gasteiger partial charge is 0.349 e. The Hall–Kier alpha value is -1.62. The monoisotopic (exact) mass is 234 g/mol. The summed E-state index contributed by atoms with van der Waals surface area (Å²) in [4.78, 5) is 16.2. The molecule has 1 amide bonds. The molecule has 1 aromatic rings. The quantitative estimate of drug-likeness (QED) is 0.545. The van der Waals surface area contributed by atoms with Crippen molar-refractivity contribution in [1.29, 1.82) is 0 Å². The minimum atomic E-state index is -0.0427. The molecule has 5 heteroatoms. The van der Waals surface area contributed by atoms with E-state index in [1.54, 1.807) is 12.1 Å². The first-order chi connectivity index (χ1) is 8.19. The molecule has 1 aliphatic carbocycles. The molecule has 0 bridgehead atoms. The Morgan fingerprint density at radius 2 is 2.12 bits per heavy atom. The average Bonchev–Trinajstić information content (AvgIpc) is 2.81. The van der Waals surface area contributed by atoms with E-state index in [0.717, 1.165) is 18.5 Å². The van der Waals surface area contributed by atoms with Crippen LogP contribution in [0.5, 0.6) is 0 Å². The zero-order valence-electron chi connectivity index (χ0n) is 9.99. The maximum Gasteiger partial charge on any atom is 0.251 e. The van der Waals surface area contributed by atoms with Crippen LogP contribution in [-0.4, -0.2) is 16.9 Å². The molecule has 0 unspecified atom stereocenters. The number of nitrogens with zero attached hydrogens (tertiary/aromatic N) is 1. The fourth-order valence-corrected chi connectivity index (χ4v) is 2.21. The van der Waals surface area contributed by atoms with Crippen molar-refractivity contribution in [1.82, 2.24) is 10.3 Å². The van der Waals surface area contributed by atoms with Gasteiger partial charge in [0.25, 0.3) is 5.91 Å². The van der Waals surface area contributed by atoms with Crippen molar-refractivity contribution in [3.05, 3.63) is 23.4 Å². The molecule has 1 saturated carbocycles. The van der Waals surface area contributed by atoms with E-state index in [1.807, 2.05) is 6.92 Å². The number of nitrogens with one attached hydrogen (secondary N) is 2. The average molecular weight is 234 g/mol. The third kappa shape index (κ3) is 2.94. The molecule has 0 saturated heterocycles. The molecule has 0 atom stereocenters. The second kappa shape index (κ2) is 5.14. The molecule has 0 aromatic carbocycles. The summed E-state index contributed by atoms with van der Waals surface area (Å²) in [6.07, 6.45) is 4.57. The number of carbonyl (C=O) groups is 1. The van der Waals surface area contributed by atoms with E-state index in [1.165, 1.54) is 12.8 Å². The Balaban J connectivity index is 2.09. The van der Waals surface area contributed by atoms with Crippen molar-refractivity contribution in [2.45, 2.75) is 38.6 Å². The number of nitrogens with two attached hydrogens (primary N) is 1. The van der Waals surface area contributed by atoms with Gasteiger partial charge in [-0.3, -0.25) is 4.79 Å². The first-order valence-electron chi connectivity index (χ1n) is 5.95. The predicted molar refractivity (Wildman–Crippen MR) is 66.5 cm³/mol. The van der Waals surface area contributed by atoms with E-state index in [-0.39, 0.29) is 5.91 Å². The fraction of sp³-hybridized carbons (Fsp3) is 0.500. The predicted octanol–water partition coefficient (Wildman–Crippen LogP) is 1.35. The lowest BCUT2D eigenvalue weighted by molar-refractivity contribution is 0.0937. The SMILES string of the molecule is Cc1cc(C(=O)NC2CCCC2)cc(NN)n1. The molecule has 4 N–H and O–H groups in total. The van der Waals surface area contributed by atoms with Crippen LogP contribution in [0.2, 0.25) is 0 Å². The van der Waals surface area contributed by atoms with Gasteiger partial charge in [-0.1, -0.05) is 12.8 Å². The van der Waals surface area contributed by atoms with Gasteiger partial charge in [0.15, 0.2) is 0 Å². The summed E-state index contributed by atoms with van der Waals surface area (Å²) in [5.74, 6) is 5.78. The topological polar surface area (TPSA) is 80.0 Å². The van der Waals surface area contributed by atoms with Gasteiger partial charge in [-0.05, 0) is 31.9 Å². The summed E-state index contributed by atoms with van der Waals surface area (Å²) in [6, 6.07) is 3.76. The normalized spacial score (nSPS) is 15.9. The van der Waals surface area contributed by atoms with Gasteiger partial charge in [-0.2, -0.15) is 0 Å². The number of hydrogen-bond acceptors (Lipinski definition) is 4. The Morgan fingerprint density at radius 1 is 1.41 bits per heavy atom. The molecule has 1 aromatic heterocycles. The fourth-order valence-electron chi connectivity index (χ4n) is 2.21. The minimum Gasteiger partial charge on any atom is -0.349 e. The standard InChI is InChI=1S/C12H18N4O/c1-8-6-9(7-11(14-8)16-13)12(17)15-10-4-2-3-5-10/h6-7,10H,2-5,13H2,1H3,(H,14,16)(H,15,17). The van der Waals surface area contributed by atoms with Crippen LogP contribution in [0, 0.1) is 6.92 Å². The van der Waals surface area contributed by atoms with Gasteiger partial charge in [0.2, 0.25) is 0 Å². The number of pyridine rings is 1. The molecule has 1 fully saturated rings. The molecule has 17 heavy (non-hydrogen) atoms. The number of hydrazine groups is 1. The molecular weight excluding hydrogens is 216 g/mol. The summed E-state index contributed by atoms with van der Waals surface area (Å²) < 4.78 is 0. The first-order valence-corrected chi connectivity index (χ1v) is 5.95. The van der Waals surface area contributed by atoms with E-state index >= 15 is 0 Å². The zero-order valence-corrected chi connectivity index (χ0v) is 9.99. The van der Waals surface area contributed by atoms with Crippen molar-refractivity contribution in [2.24, 2.45) is 5.84 Å². The Morgan fingerprint density at radius 3 is 2.76 bits per heavy atom. The third-order valence-corrected chi connectivity index (χ3v) is 3.05. The maximum absolute atomic E-state index is 12.0. The lowest BCUT2D eigenvalue weighted by Gasteiger charge is -2.12. The van der Waals surface area contributed by atoms with Crippen molar-refractivity contribution >= 4 is 11.7 Å². The number of aryl methyl sites for hydroxylation is 1. The van der Waals surface area contributed by atoms with Crippen molar-refractivity contribution in [3.8, 4) is 0 Å². The molecule has 0 aliphatic heterocycles. The smallest absolute Gasteiger partial charge is 0.251 e. The number of amides is 1. The van der Waals surface area contributed by atoms with E-state index in [4.69, 9.17) is 5.84 Å². The highest BCUT2D eigenvalue weighted by atomic mass is 16.1. The Bertz CT molecular complexity index is 413. The molecule has 1 aliphatic rings. The first kappa shape index (κ1) is 11.9. The molecule has 2 rings (SSSR count). The van der Waals surface area contributed by atoms with Gasteiger partial charge >= 0.3 is 0 Å². The van der Waals surface area contributed by atoms with E-state index in [2.05, 4.69) is 15.7 Å². The summed E-state index contributed by atoms with van der Waals surface area (Å²) in [6.45, 7) is 1.84. The zero-order chi connectivity index (χ0) is 12.3. The molecular formula is C12H18N4O. The van der Waals surface area contributed by atoms with Crippen LogP contribution in [0.1, 0.15) is 41.7 Å². The Kier molecular flexibility index (Phi) is 3.58.